The summed E-state index contributed by atoms with van der Waals surface area (Å²) in [5.74, 6) is 0. The third kappa shape index (κ3) is 4710. The van der Waals surface area contributed by atoms with Crippen molar-refractivity contribution in [2.75, 3.05) is 0 Å². The Balaban J connectivity index is -0.00000000655. The van der Waals surface area contributed by atoms with Gasteiger partial charge in [0.25, 0.3) is 0 Å². The summed E-state index contributed by atoms with van der Waals surface area (Å²) in [7, 11) is -14.0. The van der Waals surface area contributed by atoms with E-state index in [0.29, 0.717) is 0 Å². The molecule has 2 radical (unpaired) electrons. The van der Waals surface area contributed by atoms with Gasteiger partial charge in [-0.05, 0) is 0 Å². The summed E-state index contributed by atoms with van der Waals surface area (Å²) in [6.45, 7) is 0. The largest absolute Gasteiger partial charge is 0.412 e. The normalized spacial score (nSPS) is 6.96. The second kappa shape index (κ2) is 40.4. The van der Waals surface area contributed by atoms with Crippen LogP contribution in [0, 0.1) is 73.7 Å². The van der Waals surface area contributed by atoms with Crippen LogP contribution >= 0.6 is 0 Å². The summed E-state index contributed by atoms with van der Waals surface area (Å²) in [5.41, 5.74) is 0. The van der Waals surface area contributed by atoms with Crippen molar-refractivity contribution >= 4 is 31.2 Å². The molecule has 0 aromatic heterocycles. The van der Waals surface area contributed by atoms with Crippen molar-refractivity contribution in [2.45, 2.75) is 0 Å². The second-order valence-electron chi connectivity index (χ2n) is 1.34. The van der Waals surface area contributed by atoms with Gasteiger partial charge in [0.1, 0.15) is 0 Å². The maximum atomic E-state index is 8.74. The molecule has 0 unspecified atom stereocenters. The smallest absolute Gasteiger partial charge is 0.394 e. The van der Waals surface area contributed by atoms with Gasteiger partial charge >= 0.3 is 31.2 Å². The van der Waals surface area contributed by atoms with Gasteiger partial charge in [0.15, 0.2) is 0 Å². The van der Waals surface area contributed by atoms with Crippen LogP contribution in [0.4, 0.5) is 0 Å². The molecular formula is H22Lu2O20S3. The predicted octanol–water partition coefficient (Wildman–Crippen LogP) is -8.56. The molecule has 0 aromatic rings. The third-order valence-electron chi connectivity index (χ3n) is 0. The first-order valence-corrected chi connectivity index (χ1v) is 6.29. The first kappa shape index (κ1) is 93.8. The first-order valence-electron chi connectivity index (χ1n) is 2.10. The molecule has 0 aliphatic rings. The summed E-state index contributed by atoms with van der Waals surface area (Å²) < 4.78 is 94.8. The van der Waals surface area contributed by atoms with E-state index in [0.717, 1.165) is 0 Å². The maximum absolute atomic E-state index is 8.74. The molecule has 0 saturated carbocycles. The van der Waals surface area contributed by atoms with Crippen LogP contribution in [0.5, 0.6) is 0 Å². The molecule has 25 heavy (non-hydrogen) atoms. The average molecular weight is 788 g/mol. The summed E-state index contributed by atoms with van der Waals surface area (Å²) in [4.78, 5) is 0. The van der Waals surface area contributed by atoms with Crippen LogP contribution in [0.25, 0.3) is 0 Å². The van der Waals surface area contributed by atoms with E-state index in [4.69, 9.17) is 52.6 Å². The number of rotatable bonds is 0. The summed E-state index contributed by atoms with van der Waals surface area (Å²) in [6.07, 6.45) is 0. The standard InChI is InChI=1S/2Lu.3H2O4S.8H2O/c;;3*1-5(2,3)4;;;;;;;;/h;;3*(H2,1,2,3,4);8*1H2. The van der Waals surface area contributed by atoms with Crippen LogP contribution < -0.4 is 0 Å². The molecule has 0 amide bonds. The minimum Gasteiger partial charge on any atom is -0.412 e. The third-order valence-corrected chi connectivity index (χ3v) is 0. The Morgan fingerprint density at radius 3 is 0.320 bits per heavy atom. The van der Waals surface area contributed by atoms with Crippen molar-refractivity contribution in [1.29, 1.82) is 0 Å². The second-order valence-corrected chi connectivity index (χ2v) is 4.03. The van der Waals surface area contributed by atoms with E-state index in [9.17, 15) is 0 Å². The van der Waals surface area contributed by atoms with Gasteiger partial charge in [-0.2, -0.15) is 25.3 Å². The van der Waals surface area contributed by atoms with Crippen LogP contribution in [-0.2, 0) is 31.2 Å². The van der Waals surface area contributed by atoms with Gasteiger partial charge in [-0.3, -0.25) is 27.3 Å². The number of hydrogen-bond acceptors (Lipinski definition) is 6. The molecule has 0 bridgehead atoms. The van der Waals surface area contributed by atoms with Crippen LogP contribution in [0.1, 0.15) is 0 Å². The zero-order chi connectivity index (χ0) is 13.5. The van der Waals surface area contributed by atoms with E-state index in [1.807, 2.05) is 0 Å². The van der Waals surface area contributed by atoms with Gasteiger partial charge in [-0.15, -0.1) is 0 Å². The van der Waals surface area contributed by atoms with Crippen molar-refractivity contribution < 1.29 is 170 Å². The maximum Gasteiger partial charge on any atom is 0.394 e. The van der Waals surface area contributed by atoms with Crippen molar-refractivity contribution in [3.8, 4) is 0 Å². The quantitative estimate of drug-likeness (QED) is 0.125. The molecule has 0 aliphatic heterocycles. The van der Waals surface area contributed by atoms with Crippen molar-refractivity contribution in [1.82, 2.24) is 0 Å². The molecule has 0 atom stereocenters. The molecule has 0 heterocycles. The van der Waals surface area contributed by atoms with Gasteiger partial charge in [0.2, 0.25) is 0 Å². The fraction of sp³-hybridized carbons (Fsp3) is 0. The van der Waals surface area contributed by atoms with E-state index in [2.05, 4.69) is 0 Å². The van der Waals surface area contributed by atoms with Gasteiger partial charge in [-0.25, -0.2) is 0 Å². The minimum atomic E-state index is -4.67. The van der Waals surface area contributed by atoms with Crippen LogP contribution in [0.2, 0.25) is 0 Å². The van der Waals surface area contributed by atoms with Crippen molar-refractivity contribution in [2.24, 2.45) is 0 Å². The molecule has 0 fully saturated rings. The van der Waals surface area contributed by atoms with Gasteiger partial charge in [0.05, 0.1) is 0 Å². The molecule has 0 spiro atoms. The Kier molecular flexibility index (Phi) is 152. The molecule has 20 nitrogen and oxygen atoms in total. The first-order chi connectivity index (χ1) is 6.00. The fourth-order valence-electron chi connectivity index (χ4n) is 0. The molecule has 0 rings (SSSR count). The summed E-state index contributed by atoms with van der Waals surface area (Å²) in [5, 5.41) is 0. The predicted molar refractivity (Wildman–Crippen MR) is 71.4 cm³/mol. The van der Waals surface area contributed by atoms with Crippen molar-refractivity contribution in [3.05, 3.63) is 0 Å². The monoisotopic (exact) mass is 788 g/mol. The molecule has 0 aliphatic carbocycles. The van der Waals surface area contributed by atoms with Crippen LogP contribution in [-0.4, -0.2) is 96.4 Å². The Morgan fingerprint density at radius 2 is 0.320 bits per heavy atom. The molecular weight excluding hydrogens is 766 g/mol. The van der Waals surface area contributed by atoms with E-state index in [-0.39, 0.29) is 118 Å². The summed E-state index contributed by atoms with van der Waals surface area (Å²) in [6, 6.07) is 0. The number of hydrogen-bond donors (Lipinski definition) is 6. The van der Waals surface area contributed by atoms with Gasteiger partial charge in [0, 0.05) is 73.7 Å². The minimum absolute atomic E-state index is 0. The fourth-order valence-corrected chi connectivity index (χ4v) is 0. The van der Waals surface area contributed by atoms with Gasteiger partial charge in [-0.1, -0.05) is 0 Å². The van der Waals surface area contributed by atoms with Gasteiger partial charge < -0.3 is 43.8 Å². The van der Waals surface area contributed by atoms with Crippen LogP contribution in [0.15, 0.2) is 0 Å². The molecule has 22 N–H and O–H groups in total. The molecule has 0 saturated heterocycles. The Morgan fingerprint density at radius 1 is 0.320 bits per heavy atom. The van der Waals surface area contributed by atoms with E-state index in [1.165, 1.54) is 0 Å². The van der Waals surface area contributed by atoms with E-state index < -0.39 is 31.2 Å². The summed E-state index contributed by atoms with van der Waals surface area (Å²) >= 11 is 0. The SMILES string of the molecule is O.O.O.O.O.O.O.O.O=S(=O)(O)O.O=S(=O)(O)O.O=S(=O)(O)O.[Lu].[Lu]. The Hall–Kier alpha value is 1.76. The zero-order valence-electron chi connectivity index (χ0n) is 10.9. The molecule has 190 valence electrons. The molecule has 25 heteroatoms. The van der Waals surface area contributed by atoms with E-state index >= 15 is 0 Å². The Bertz CT molecular complexity index is 344. The van der Waals surface area contributed by atoms with E-state index in [1.54, 1.807) is 0 Å². The van der Waals surface area contributed by atoms with Crippen LogP contribution in [0.3, 0.4) is 0 Å². The molecule has 0 aromatic carbocycles. The Labute approximate surface area is 199 Å². The zero-order valence-corrected chi connectivity index (χ0v) is 16.6. The topological polar surface area (TPSA) is 476 Å². The average Bonchev–Trinajstić information content (AvgIpc) is 1.41. The van der Waals surface area contributed by atoms with Crippen molar-refractivity contribution in [3.63, 3.8) is 0 Å².